The van der Waals surface area contributed by atoms with Crippen LogP contribution in [0.2, 0.25) is 0 Å². The van der Waals surface area contributed by atoms with Crippen LogP contribution in [0.1, 0.15) is 0 Å². The van der Waals surface area contributed by atoms with Gasteiger partial charge in [0.15, 0.2) is 0 Å². The quantitative estimate of drug-likeness (QED) is 0.581. The summed E-state index contributed by atoms with van der Waals surface area (Å²) in [4.78, 5) is 3.41. The number of hydrogen-bond donors (Lipinski definition) is 0. The Balaban J connectivity index is 0.000000267. The Hall–Kier alpha value is -2.27. The molecule has 0 bridgehead atoms. The second-order valence-electron chi connectivity index (χ2n) is 3.66. The maximum Gasteiger partial charge on any atom is 0.211 e. The molecular formula is C13H10N2O2S. The standard InChI is InChI=1S/C13H9N.NO2S/c1-3-7-12-10(5-1)9-11-6-2-4-8-13(11)14-12;1-4(2)3/h1-9H;/q;-1/p+1. The number of fused-ring (bicyclic) bond motifs is 2. The zero-order chi connectivity index (χ0) is 13.0. The van der Waals surface area contributed by atoms with Crippen molar-refractivity contribution in [2.75, 3.05) is 0 Å². The summed E-state index contributed by atoms with van der Waals surface area (Å²) in [5, 5.41) is 2.51. The van der Waals surface area contributed by atoms with E-state index in [1.54, 1.807) is 0 Å². The van der Waals surface area contributed by atoms with Gasteiger partial charge in [-0.25, -0.2) is 13.4 Å². The molecule has 5 heteroatoms. The number of nitrogens with zero attached hydrogens (tertiary/aromatic N) is 1. The summed E-state index contributed by atoms with van der Waals surface area (Å²) in [6, 6.07) is 18.9. The van der Waals surface area contributed by atoms with E-state index in [1.807, 2.05) is 12.1 Å². The summed E-state index contributed by atoms with van der Waals surface area (Å²) in [7, 11) is -2.86. The topological polar surface area (TPSA) is 70.6 Å². The van der Waals surface area contributed by atoms with E-state index in [0.29, 0.717) is 0 Å². The zero-order valence-electron chi connectivity index (χ0n) is 9.37. The SMILES string of the molecule is [N-]=S(=O)=O.c1ccc2[nH+]c3ccccc3cc2c1. The molecule has 0 unspecified atom stereocenters. The Kier molecular flexibility index (Phi) is 3.64. The summed E-state index contributed by atoms with van der Waals surface area (Å²) in [6.45, 7) is 0. The molecule has 1 aromatic heterocycles. The minimum absolute atomic E-state index is 1.19. The normalized spacial score (nSPS) is 9.78. The van der Waals surface area contributed by atoms with Gasteiger partial charge in [0.2, 0.25) is 11.0 Å². The third-order valence-corrected chi connectivity index (χ3v) is 2.50. The van der Waals surface area contributed by atoms with Crippen LogP contribution < -0.4 is 4.98 Å². The highest BCUT2D eigenvalue weighted by Crippen LogP contribution is 2.15. The van der Waals surface area contributed by atoms with Crippen LogP contribution in [0, 0.1) is 0 Å². The molecule has 1 N–H and O–H groups in total. The van der Waals surface area contributed by atoms with Crippen LogP contribution in [0.5, 0.6) is 0 Å². The van der Waals surface area contributed by atoms with Gasteiger partial charge in [-0.1, -0.05) is 24.3 Å². The number of aromatic nitrogens is 1. The van der Waals surface area contributed by atoms with Crippen molar-refractivity contribution >= 4 is 32.3 Å². The number of aromatic amines is 1. The van der Waals surface area contributed by atoms with Gasteiger partial charge in [0.1, 0.15) is 10.5 Å². The molecule has 0 aliphatic heterocycles. The largest absolute Gasteiger partial charge is 0.686 e. The van der Waals surface area contributed by atoms with Gasteiger partial charge in [0.05, 0.1) is 0 Å². The van der Waals surface area contributed by atoms with Gasteiger partial charge in [-0.2, -0.15) is 0 Å². The first-order chi connectivity index (χ1) is 8.66. The van der Waals surface area contributed by atoms with Crippen molar-refractivity contribution in [2.45, 2.75) is 0 Å². The van der Waals surface area contributed by atoms with Gasteiger partial charge < -0.3 is 4.78 Å². The molecule has 0 saturated carbocycles. The molecule has 3 rings (SSSR count). The number of nitrogens with one attached hydrogen (secondary N) is 1. The van der Waals surface area contributed by atoms with Crippen molar-refractivity contribution in [3.63, 3.8) is 0 Å². The number of pyridine rings is 1. The molecule has 0 aliphatic carbocycles. The van der Waals surface area contributed by atoms with E-state index >= 15 is 0 Å². The summed E-state index contributed by atoms with van der Waals surface area (Å²) in [5.41, 5.74) is 2.37. The molecule has 0 atom stereocenters. The molecule has 0 fully saturated rings. The van der Waals surface area contributed by atoms with E-state index in [4.69, 9.17) is 13.2 Å². The highest BCUT2D eigenvalue weighted by atomic mass is 32.2. The number of hydrogen-bond acceptors (Lipinski definition) is 2. The third-order valence-electron chi connectivity index (χ3n) is 2.50. The fourth-order valence-corrected chi connectivity index (χ4v) is 1.79. The number of para-hydroxylation sites is 2. The molecule has 0 amide bonds. The number of H-pyrrole nitrogens is 1. The first-order valence-corrected chi connectivity index (χ1v) is 6.28. The lowest BCUT2D eigenvalue weighted by molar-refractivity contribution is -0.310. The Morgan fingerprint density at radius 2 is 1.22 bits per heavy atom. The van der Waals surface area contributed by atoms with Gasteiger partial charge in [-0.05, 0) is 18.2 Å². The Labute approximate surface area is 105 Å². The zero-order valence-corrected chi connectivity index (χ0v) is 10.2. The molecule has 3 aromatic rings. The second kappa shape index (κ2) is 5.37. The van der Waals surface area contributed by atoms with Crippen LogP contribution in [0.3, 0.4) is 0 Å². The average Bonchev–Trinajstić information content (AvgIpc) is 2.35. The van der Waals surface area contributed by atoms with Crippen LogP contribution in [0.25, 0.3) is 26.6 Å². The second-order valence-corrected chi connectivity index (χ2v) is 4.10. The first kappa shape index (κ1) is 12.2. The molecule has 2 aromatic carbocycles. The smallest absolute Gasteiger partial charge is 0.211 e. The molecule has 0 aliphatic rings. The highest BCUT2D eigenvalue weighted by Gasteiger charge is 2.02. The molecule has 18 heavy (non-hydrogen) atoms. The van der Waals surface area contributed by atoms with Crippen LogP contribution in [0.4, 0.5) is 0 Å². The Bertz CT molecular complexity index is 686. The van der Waals surface area contributed by atoms with Crippen molar-refractivity contribution in [1.29, 1.82) is 0 Å². The maximum atomic E-state index is 8.56. The summed E-state index contributed by atoms with van der Waals surface area (Å²) >= 11 is 0. The third kappa shape index (κ3) is 2.89. The minimum Gasteiger partial charge on any atom is -0.686 e. The van der Waals surface area contributed by atoms with E-state index < -0.39 is 10.5 Å². The Morgan fingerprint density at radius 3 is 1.67 bits per heavy atom. The predicted molar refractivity (Wildman–Crippen MR) is 70.3 cm³/mol. The van der Waals surface area contributed by atoms with Crippen LogP contribution >= 0.6 is 0 Å². The fraction of sp³-hybridized carbons (Fsp3) is 0. The molecule has 4 nitrogen and oxygen atoms in total. The lowest BCUT2D eigenvalue weighted by atomic mass is 10.1. The minimum atomic E-state index is -2.86. The van der Waals surface area contributed by atoms with Gasteiger partial charge >= 0.3 is 0 Å². The van der Waals surface area contributed by atoms with E-state index in [2.05, 4.69) is 47.4 Å². The van der Waals surface area contributed by atoms with E-state index in [1.165, 1.54) is 21.8 Å². The number of rotatable bonds is 0. The lowest BCUT2D eigenvalue weighted by Crippen LogP contribution is -2.04. The molecular weight excluding hydrogens is 248 g/mol. The van der Waals surface area contributed by atoms with Gasteiger partial charge in [-0.15, -0.1) is 0 Å². The van der Waals surface area contributed by atoms with Crippen molar-refractivity contribution in [3.8, 4) is 0 Å². The molecule has 90 valence electrons. The van der Waals surface area contributed by atoms with Crippen molar-refractivity contribution in [2.24, 2.45) is 0 Å². The van der Waals surface area contributed by atoms with Gasteiger partial charge in [0.25, 0.3) is 0 Å². The van der Waals surface area contributed by atoms with Crippen LogP contribution in [0.15, 0.2) is 54.6 Å². The van der Waals surface area contributed by atoms with Gasteiger partial charge in [0, 0.05) is 22.9 Å². The highest BCUT2D eigenvalue weighted by molar-refractivity contribution is 7.63. The van der Waals surface area contributed by atoms with Crippen LogP contribution in [-0.2, 0) is 10.5 Å². The Morgan fingerprint density at radius 1 is 0.833 bits per heavy atom. The monoisotopic (exact) mass is 258 g/mol. The van der Waals surface area contributed by atoms with Gasteiger partial charge in [-0.3, -0.25) is 0 Å². The van der Waals surface area contributed by atoms with Crippen LogP contribution in [-0.4, -0.2) is 8.42 Å². The predicted octanol–water partition coefficient (Wildman–Crippen LogP) is 2.43. The number of benzene rings is 2. The first-order valence-electron chi connectivity index (χ1n) is 5.25. The average molecular weight is 258 g/mol. The molecule has 0 spiro atoms. The van der Waals surface area contributed by atoms with E-state index in [-0.39, 0.29) is 0 Å². The fourth-order valence-electron chi connectivity index (χ4n) is 1.79. The maximum absolute atomic E-state index is 8.56. The molecule has 0 radical (unpaired) electrons. The molecule has 0 saturated heterocycles. The van der Waals surface area contributed by atoms with Crippen molar-refractivity contribution in [1.82, 2.24) is 0 Å². The molecule has 1 heterocycles. The van der Waals surface area contributed by atoms with Crippen molar-refractivity contribution < 1.29 is 13.4 Å². The van der Waals surface area contributed by atoms with E-state index in [9.17, 15) is 0 Å². The summed E-state index contributed by atoms with van der Waals surface area (Å²) < 4.78 is 24.1. The summed E-state index contributed by atoms with van der Waals surface area (Å²) in [5.74, 6) is 0. The van der Waals surface area contributed by atoms with E-state index in [0.717, 1.165) is 0 Å². The lowest BCUT2D eigenvalue weighted by Gasteiger charge is -1.94. The summed E-state index contributed by atoms with van der Waals surface area (Å²) in [6.07, 6.45) is 0. The van der Waals surface area contributed by atoms with Crippen molar-refractivity contribution in [3.05, 3.63) is 59.4 Å².